The van der Waals surface area contributed by atoms with Crippen LogP contribution in [0.3, 0.4) is 0 Å². The number of hydrogen-bond donors (Lipinski definition) is 0. The van der Waals surface area contributed by atoms with Gasteiger partial charge in [0, 0.05) is 4.92 Å². The van der Waals surface area contributed by atoms with Gasteiger partial charge in [-0.15, -0.1) is 0 Å². The Morgan fingerprint density at radius 1 is 1.47 bits per heavy atom. The van der Waals surface area contributed by atoms with Crippen molar-refractivity contribution in [1.82, 2.24) is 0 Å². The second-order valence-electron chi connectivity index (χ2n) is 3.08. The summed E-state index contributed by atoms with van der Waals surface area (Å²) in [4.78, 5) is 20.2. The smallest absolute Gasteiger partial charge is 0.378 e. The highest BCUT2D eigenvalue weighted by atomic mass is 16.6. The van der Waals surface area contributed by atoms with Crippen LogP contribution in [0, 0.1) is 17.0 Å². The summed E-state index contributed by atoms with van der Waals surface area (Å²) in [7, 11) is 0. The highest BCUT2D eigenvalue weighted by Crippen LogP contribution is 2.08. The Kier molecular flexibility index (Phi) is 3.79. The van der Waals surface area contributed by atoms with E-state index in [0.29, 0.717) is 0 Å². The van der Waals surface area contributed by atoms with Crippen molar-refractivity contribution in [2.24, 2.45) is 0 Å². The fourth-order valence-electron chi connectivity index (χ4n) is 1.08. The van der Waals surface area contributed by atoms with Gasteiger partial charge in [-0.1, -0.05) is 24.3 Å². The SMILES string of the molecule is Cc1ccccc1COC(=O)C[N+](=O)[O-]. The Balaban J connectivity index is 2.47. The summed E-state index contributed by atoms with van der Waals surface area (Å²) in [6.45, 7) is 1.18. The van der Waals surface area contributed by atoms with Crippen LogP contribution in [-0.2, 0) is 16.1 Å². The predicted molar refractivity (Wildman–Crippen MR) is 52.8 cm³/mol. The average Bonchev–Trinajstić information content (AvgIpc) is 2.15. The summed E-state index contributed by atoms with van der Waals surface area (Å²) in [5.41, 5.74) is 1.85. The summed E-state index contributed by atoms with van der Waals surface area (Å²) in [6.07, 6.45) is 0. The summed E-state index contributed by atoms with van der Waals surface area (Å²) in [5, 5.41) is 9.99. The maximum absolute atomic E-state index is 10.9. The largest absolute Gasteiger partial charge is 0.456 e. The second-order valence-corrected chi connectivity index (χ2v) is 3.08. The first-order valence-electron chi connectivity index (χ1n) is 4.41. The highest BCUT2D eigenvalue weighted by Gasteiger charge is 2.10. The van der Waals surface area contributed by atoms with Crippen LogP contribution in [0.15, 0.2) is 24.3 Å². The lowest BCUT2D eigenvalue weighted by molar-refractivity contribution is -0.470. The van der Waals surface area contributed by atoms with E-state index in [-0.39, 0.29) is 6.61 Å². The number of ether oxygens (including phenoxy) is 1. The number of carbonyl (C=O) groups excluding carboxylic acids is 1. The average molecular weight is 209 g/mol. The lowest BCUT2D eigenvalue weighted by Gasteiger charge is -2.05. The second kappa shape index (κ2) is 5.09. The molecule has 0 radical (unpaired) electrons. The molecular formula is C10H11NO4. The molecule has 0 aliphatic rings. The summed E-state index contributed by atoms with van der Waals surface area (Å²) in [5.74, 6) is -0.816. The van der Waals surface area contributed by atoms with Gasteiger partial charge in [-0.3, -0.25) is 10.1 Å². The van der Waals surface area contributed by atoms with Crippen molar-refractivity contribution < 1.29 is 14.5 Å². The molecule has 5 nitrogen and oxygen atoms in total. The molecule has 0 bridgehead atoms. The van der Waals surface area contributed by atoms with E-state index in [0.717, 1.165) is 11.1 Å². The molecule has 1 rings (SSSR count). The molecule has 0 heterocycles. The van der Waals surface area contributed by atoms with Crippen LogP contribution in [0.1, 0.15) is 11.1 Å². The number of esters is 1. The molecule has 5 heteroatoms. The predicted octanol–water partition coefficient (Wildman–Crippen LogP) is 1.31. The minimum absolute atomic E-state index is 0.0827. The third-order valence-electron chi connectivity index (χ3n) is 1.91. The van der Waals surface area contributed by atoms with Gasteiger partial charge in [-0.25, -0.2) is 4.79 Å². The van der Waals surface area contributed by atoms with Crippen molar-refractivity contribution in [3.05, 3.63) is 45.5 Å². The van der Waals surface area contributed by atoms with Crippen molar-refractivity contribution in [3.63, 3.8) is 0 Å². The van der Waals surface area contributed by atoms with Gasteiger partial charge in [0.25, 0.3) is 6.54 Å². The normalized spacial score (nSPS) is 9.67. The molecule has 0 aliphatic heterocycles. The summed E-state index contributed by atoms with van der Waals surface area (Å²) in [6, 6.07) is 7.40. The zero-order valence-corrected chi connectivity index (χ0v) is 8.30. The molecule has 0 aliphatic carbocycles. The zero-order valence-electron chi connectivity index (χ0n) is 8.30. The van der Waals surface area contributed by atoms with Crippen LogP contribution in [0.25, 0.3) is 0 Å². The molecule has 0 saturated heterocycles. The van der Waals surface area contributed by atoms with Gasteiger partial charge in [-0.05, 0) is 18.1 Å². The minimum Gasteiger partial charge on any atom is -0.456 e. The number of aryl methyl sites for hydroxylation is 1. The Labute approximate surface area is 86.8 Å². The Morgan fingerprint density at radius 2 is 2.13 bits per heavy atom. The van der Waals surface area contributed by atoms with E-state index in [9.17, 15) is 14.9 Å². The van der Waals surface area contributed by atoms with Gasteiger partial charge >= 0.3 is 5.97 Å². The van der Waals surface area contributed by atoms with Crippen molar-refractivity contribution in [3.8, 4) is 0 Å². The molecule has 1 aromatic rings. The van der Waals surface area contributed by atoms with Crippen LogP contribution in [0.2, 0.25) is 0 Å². The number of nitrogens with zero attached hydrogens (tertiary/aromatic N) is 1. The van der Waals surface area contributed by atoms with Gasteiger partial charge in [0.15, 0.2) is 0 Å². The van der Waals surface area contributed by atoms with E-state index in [1.165, 1.54) is 0 Å². The van der Waals surface area contributed by atoms with Gasteiger partial charge in [0.2, 0.25) is 0 Å². The summed E-state index contributed by atoms with van der Waals surface area (Å²) < 4.78 is 4.74. The zero-order chi connectivity index (χ0) is 11.3. The number of rotatable bonds is 4. The van der Waals surface area contributed by atoms with Crippen LogP contribution in [0.5, 0.6) is 0 Å². The fraction of sp³-hybridized carbons (Fsp3) is 0.300. The number of benzene rings is 1. The van der Waals surface area contributed by atoms with Gasteiger partial charge in [0.05, 0.1) is 0 Å². The van der Waals surface area contributed by atoms with Gasteiger partial charge < -0.3 is 4.74 Å². The Morgan fingerprint density at radius 3 is 2.73 bits per heavy atom. The first-order valence-corrected chi connectivity index (χ1v) is 4.41. The lowest BCUT2D eigenvalue weighted by Crippen LogP contribution is -2.16. The molecule has 0 N–H and O–H groups in total. The van der Waals surface area contributed by atoms with Crippen LogP contribution in [-0.4, -0.2) is 17.4 Å². The molecule has 0 atom stereocenters. The molecular weight excluding hydrogens is 198 g/mol. The van der Waals surface area contributed by atoms with E-state index < -0.39 is 17.4 Å². The minimum atomic E-state index is -0.816. The van der Waals surface area contributed by atoms with Crippen LogP contribution in [0.4, 0.5) is 0 Å². The van der Waals surface area contributed by atoms with E-state index in [1.54, 1.807) is 0 Å². The van der Waals surface area contributed by atoms with Gasteiger partial charge in [0.1, 0.15) is 6.61 Å². The monoisotopic (exact) mass is 209 g/mol. The number of nitro groups is 1. The molecule has 15 heavy (non-hydrogen) atoms. The summed E-state index contributed by atoms with van der Waals surface area (Å²) >= 11 is 0. The lowest BCUT2D eigenvalue weighted by atomic mass is 10.1. The van der Waals surface area contributed by atoms with Crippen molar-refractivity contribution in [2.75, 3.05) is 6.54 Å². The number of carbonyl (C=O) groups is 1. The van der Waals surface area contributed by atoms with E-state index in [1.807, 2.05) is 31.2 Å². The molecule has 0 amide bonds. The third kappa shape index (κ3) is 3.76. The highest BCUT2D eigenvalue weighted by molar-refractivity contribution is 5.70. The van der Waals surface area contributed by atoms with E-state index >= 15 is 0 Å². The first kappa shape index (κ1) is 11.2. The molecule has 0 saturated carbocycles. The number of hydrogen-bond acceptors (Lipinski definition) is 4. The van der Waals surface area contributed by atoms with Crippen LogP contribution < -0.4 is 0 Å². The molecule has 1 aromatic carbocycles. The fourth-order valence-corrected chi connectivity index (χ4v) is 1.08. The van der Waals surface area contributed by atoms with Crippen LogP contribution >= 0.6 is 0 Å². The Hall–Kier alpha value is -1.91. The van der Waals surface area contributed by atoms with Crippen molar-refractivity contribution in [2.45, 2.75) is 13.5 Å². The maximum Gasteiger partial charge on any atom is 0.378 e. The standard InChI is InChI=1S/C10H11NO4/c1-8-4-2-3-5-9(8)7-15-10(12)6-11(13)14/h2-5H,6-7H2,1H3. The third-order valence-corrected chi connectivity index (χ3v) is 1.91. The molecule has 0 unspecified atom stereocenters. The topological polar surface area (TPSA) is 69.4 Å². The van der Waals surface area contributed by atoms with E-state index in [4.69, 9.17) is 4.74 Å². The molecule has 0 spiro atoms. The van der Waals surface area contributed by atoms with E-state index in [2.05, 4.69) is 0 Å². The molecule has 80 valence electrons. The maximum atomic E-state index is 10.9. The van der Waals surface area contributed by atoms with Gasteiger partial charge in [-0.2, -0.15) is 0 Å². The molecule has 0 aromatic heterocycles. The Bertz CT molecular complexity index is 375. The van der Waals surface area contributed by atoms with Crippen molar-refractivity contribution in [1.29, 1.82) is 0 Å². The quantitative estimate of drug-likeness (QED) is 0.426. The van der Waals surface area contributed by atoms with Crippen molar-refractivity contribution >= 4 is 5.97 Å². The molecule has 0 fully saturated rings. The first-order chi connectivity index (χ1) is 7.09.